The molecule has 0 spiro atoms. The van der Waals surface area contributed by atoms with E-state index in [1.54, 1.807) is 0 Å². The second-order valence-corrected chi connectivity index (χ2v) is 1.03. The van der Waals surface area contributed by atoms with Crippen molar-refractivity contribution in [3.8, 4) is 0 Å². The smallest absolute Gasteiger partial charge is 0.180 e. The molecule has 0 heterocycles. The standard InChI is InChI=1S/C4H10N2O/c1-3-6-4(5)7-2/h3-4,6H,1,5H2,2H3. The SMILES string of the molecule is C=CNC(N)OC. The van der Waals surface area contributed by atoms with Crippen molar-refractivity contribution >= 4 is 0 Å². The van der Waals surface area contributed by atoms with Gasteiger partial charge in [0.15, 0.2) is 6.35 Å². The summed E-state index contributed by atoms with van der Waals surface area (Å²) in [6, 6.07) is 0. The fourth-order valence-corrected chi connectivity index (χ4v) is 0.184. The highest BCUT2D eigenvalue weighted by Crippen LogP contribution is 1.67. The summed E-state index contributed by atoms with van der Waals surface area (Å²) >= 11 is 0. The van der Waals surface area contributed by atoms with Crippen LogP contribution in [0.4, 0.5) is 0 Å². The Labute approximate surface area is 43.1 Å². The van der Waals surface area contributed by atoms with Gasteiger partial charge in [-0.25, -0.2) is 0 Å². The second-order valence-electron chi connectivity index (χ2n) is 1.03. The third-order valence-electron chi connectivity index (χ3n) is 0.536. The van der Waals surface area contributed by atoms with Crippen molar-refractivity contribution in [3.63, 3.8) is 0 Å². The van der Waals surface area contributed by atoms with E-state index in [1.807, 2.05) is 0 Å². The molecule has 0 saturated carbocycles. The molecule has 0 saturated heterocycles. The average molecular weight is 102 g/mol. The lowest BCUT2D eigenvalue weighted by atomic mass is 10.9. The van der Waals surface area contributed by atoms with Gasteiger partial charge in [0.25, 0.3) is 0 Å². The monoisotopic (exact) mass is 102 g/mol. The first-order valence-electron chi connectivity index (χ1n) is 1.96. The second kappa shape index (κ2) is 3.64. The molecule has 0 aromatic rings. The minimum Gasteiger partial charge on any atom is -0.355 e. The maximum Gasteiger partial charge on any atom is 0.180 e. The molecule has 0 bridgehead atoms. The molecule has 1 unspecified atom stereocenters. The van der Waals surface area contributed by atoms with Gasteiger partial charge in [-0.3, -0.25) is 5.73 Å². The van der Waals surface area contributed by atoms with Crippen molar-refractivity contribution in [3.05, 3.63) is 12.8 Å². The van der Waals surface area contributed by atoms with Gasteiger partial charge in [0.1, 0.15) is 0 Å². The summed E-state index contributed by atoms with van der Waals surface area (Å²) < 4.78 is 4.59. The van der Waals surface area contributed by atoms with Crippen molar-refractivity contribution in [2.45, 2.75) is 6.35 Å². The number of hydrogen-bond acceptors (Lipinski definition) is 3. The fourth-order valence-electron chi connectivity index (χ4n) is 0.184. The minimum atomic E-state index is -0.419. The van der Waals surface area contributed by atoms with Crippen LogP contribution in [0.15, 0.2) is 12.8 Å². The maximum atomic E-state index is 5.18. The molecule has 0 aromatic heterocycles. The van der Waals surface area contributed by atoms with Crippen LogP contribution in [0.3, 0.4) is 0 Å². The van der Waals surface area contributed by atoms with Crippen molar-refractivity contribution in [1.29, 1.82) is 0 Å². The van der Waals surface area contributed by atoms with Gasteiger partial charge in [0, 0.05) is 7.11 Å². The van der Waals surface area contributed by atoms with Crippen LogP contribution < -0.4 is 11.1 Å². The summed E-state index contributed by atoms with van der Waals surface area (Å²) in [5, 5.41) is 2.61. The summed E-state index contributed by atoms with van der Waals surface area (Å²) in [5.74, 6) is 0. The van der Waals surface area contributed by atoms with Gasteiger partial charge in [-0.15, -0.1) is 0 Å². The van der Waals surface area contributed by atoms with Gasteiger partial charge in [0.2, 0.25) is 0 Å². The average Bonchev–Trinajstić information content (AvgIpc) is 1.68. The van der Waals surface area contributed by atoms with Crippen molar-refractivity contribution in [2.75, 3.05) is 7.11 Å². The zero-order valence-corrected chi connectivity index (χ0v) is 4.35. The van der Waals surface area contributed by atoms with Gasteiger partial charge in [0.05, 0.1) is 0 Å². The molecule has 7 heavy (non-hydrogen) atoms. The van der Waals surface area contributed by atoms with E-state index in [2.05, 4.69) is 16.6 Å². The van der Waals surface area contributed by atoms with E-state index < -0.39 is 6.35 Å². The summed E-state index contributed by atoms with van der Waals surface area (Å²) in [5.41, 5.74) is 5.18. The first-order valence-corrected chi connectivity index (χ1v) is 1.96. The molecule has 0 aliphatic carbocycles. The van der Waals surface area contributed by atoms with Crippen LogP contribution in [-0.2, 0) is 4.74 Å². The molecule has 0 rings (SSSR count). The Morgan fingerprint density at radius 2 is 2.57 bits per heavy atom. The Balaban J connectivity index is 2.98. The Bertz CT molecular complexity index is 55.7. The molecule has 3 heteroatoms. The van der Waals surface area contributed by atoms with E-state index in [9.17, 15) is 0 Å². The van der Waals surface area contributed by atoms with Crippen LogP contribution in [0.25, 0.3) is 0 Å². The summed E-state index contributed by atoms with van der Waals surface area (Å²) in [7, 11) is 1.52. The van der Waals surface area contributed by atoms with Crippen LogP contribution >= 0.6 is 0 Å². The third kappa shape index (κ3) is 3.29. The largest absolute Gasteiger partial charge is 0.355 e. The first-order chi connectivity index (χ1) is 3.31. The van der Waals surface area contributed by atoms with Crippen molar-refractivity contribution < 1.29 is 4.74 Å². The molecule has 0 fully saturated rings. The van der Waals surface area contributed by atoms with Gasteiger partial charge < -0.3 is 10.1 Å². The number of nitrogens with two attached hydrogens (primary N) is 1. The molecule has 0 aromatic carbocycles. The Morgan fingerprint density at radius 1 is 2.00 bits per heavy atom. The molecule has 3 nitrogen and oxygen atoms in total. The lowest BCUT2D eigenvalue weighted by Gasteiger charge is -2.06. The highest BCUT2D eigenvalue weighted by Gasteiger charge is 1.87. The van der Waals surface area contributed by atoms with E-state index in [0.717, 1.165) is 0 Å². The van der Waals surface area contributed by atoms with Crippen LogP contribution in [-0.4, -0.2) is 13.5 Å². The van der Waals surface area contributed by atoms with Crippen LogP contribution in [0.5, 0.6) is 0 Å². The van der Waals surface area contributed by atoms with E-state index >= 15 is 0 Å². The number of rotatable bonds is 3. The summed E-state index contributed by atoms with van der Waals surface area (Å²) in [4.78, 5) is 0. The maximum absolute atomic E-state index is 5.18. The quantitative estimate of drug-likeness (QED) is 0.477. The third-order valence-corrected chi connectivity index (χ3v) is 0.536. The van der Waals surface area contributed by atoms with E-state index in [0.29, 0.717) is 0 Å². The van der Waals surface area contributed by atoms with Gasteiger partial charge >= 0.3 is 0 Å². The zero-order valence-electron chi connectivity index (χ0n) is 4.35. The van der Waals surface area contributed by atoms with E-state index in [1.165, 1.54) is 13.3 Å². The van der Waals surface area contributed by atoms with E-state index in [-0.39, 0.29) is 0 Å². The minimum absolute atomic E-state index is 0.419. The number of hydrogen-bond donors (Lipinski definition) is 2. The Hall–Kier alpha value is -0.540. The Morgan fingerprint density at radius 3 is 2.71 bits per heavy atom. The predicted molar refractivity (Wildman–Crippen MR) is 28.3 cm³/mol. The lowest BCUT2D eigenvalue weighted by molar-refractivity contribution is 0.0917. The molecular weight excluding hydrogens is 92.1 g/mol. The van der Waals surface area contributed by atoms with Crippen LogP contribution in [0.2, 0.25) is 0 Å². The molecule has 1 atom stereocenters. The van der Waals surface area contributed by atoms with Crippen molar-refractivity contribution in [2.24, 2.45) is 5.73 Å². The lowest BCUT2D eigenvalue weighted by Crippen LogP contribution is -2.34. The molecule has 0 amide bonds. The molecule has 0 aliphatic rings. The molecule has 3 N–H and O–H groups in total. The van der Waals surface area contributed by atoms with Crippen LogP contribution in [0, 0.1) is 0 Å². The summed E-state index contributed by atoms with van der Waals surface area (Å²) in [6.07, 6.45) is 1.06. The van der Waals surface area contributed by atoms with Gasteiger partial charge in [-0.2, -0.15) is 0 Å². The molecular formula is C4H10N2O. The Kier molecular flexibility index (Phi) is 3.36. The van der Waals surface area contributed by atoms with E-state index in [4.69, 9.17) is 5.73 Å². The number of nitrogens with one attached hydrogen (secondary N) is 1. The highest BCUT2D eigenvalue weighted by atomic mass is 16.5. The molecule has 0 radical (unpaired) electrons. The molecule has 0 aliphatic heterocycles. The van der Waals surface area contributed by atoms with Gasteiger partial charge in [-0.05, 0) is 6.20 Å². The molecule has 42 valence electrons. The normalized spacial score (nSPS) is 12.9. The number of ether oxygens (including phenoxy) is 1. The fraction of sp³-hybridized carbons (Fsp3) is 0.500. The van der Waals surface area contributed by atoms with Crippen molar-refractivity contribution in [1.82, 2.24) is 5.32 Å². The predicted octanol–water partition coefficient (Wildman–Crippen LogP) is -0.392. The topological polar surface area (TPSA) is 47.3 Å². The zero-order chi connectivity index (χ0) is 5.70. The van der Waals surface area contributed by atoms with Gasteiger partial charge in [-0.1, -0.05) is 6.58 Å². The summed E-state index contributed by atoms with van der Waals surface area (Å²) in [6.45, 7) is 3.38. The first kappa shape index (κ1) is 6.46. The highest BCUT2D eigenvalue weighted by molar-refractivity contribution is 4.62. The number of methoxy groups -OCH3 is 1. The van der Waals surface area contributed by atoms with Crippen LogP contribution in [0.1, 0.15) is 0 Å².